The van der Waals surface area contributed by atoms with Gasteiger partial charge >= 0.3 is 18.2 Å². The third-order valence-corrected chi connectivity index (χ3v) is 21.0. The number of piperidine rings is 2. The van der Waals surface area contributed by atoms with Crippen LogP contribution in [-0.4, -0.2) is 119 Å². The largest absolute Gasteiger partial charge is 0.478 e. The SMILES string of the molecule is CC(C)(C)OC(=O)N1CC(CC(=O)c2ccc3c(c2)c(-c2ccncc2)nn3C(c2ccccc2)(c2ccccc2)c2ccccc2)CC(c2ccccc2)C1.CC(C)(C)OC(=O)N1CC(N)CC(c2ccccc2)C1.O=C(O)c1ccc2c(c1)c(-c1ccncc1)nn2C(c1ccccc1)(c1ccccc1)c1ccccc1.[2H]CF. The molecule has 2 aliphatic heterocycles. The maximum atomic E-state index is 14.4. The van der Waals surface area contributed by atoms with E-state index in [0.717, 1.165) is 90.4 Å². The number of benzene rings is 10. The lowest BCUT2D eigenvalue weighted by Crippen LogP contribution is -2.50. The highest BCUT2D eigenvalue weighted by Gasteiger charge is 2.44. The second kappa shape index (κ2) is 35.8. The summed E-state index contributed by atoms with van der Waals surface area (Å²) in [4.78, 5) is 64.0. The van der Waals surface area contributed by atoms with Crippen LogP contribution in [-0.2, 0) is 20.6 Å². The molecule has 16 nitrogen and oxygen atoms in total. The number of hydrogen-bond donors (Lipinski definition) is 2. The van der Waals surface area contributed by atoms with E-state index in [-0.39, 0.29) is 47.3 Å². The number of Topliss-reactive ketones (excluding diaryl/α,β-unsaturated/α-hetero) is 1. The van der Waals surface area contributed by atoms with Crippen molar-refractivity contribution in [2.45, 2.75) is 101 Å². The van der Waals surface area contributed by atoms with Crippen molar-refractivity contribution in [2.24, 2.45) is 11.7 Å². The van der Waals surface area contributed by atoms with Crippen molar-refractivity contribution in [3.63, 3.8) is 0 Å². The van der Waals surface area contributed by atoms with Crippen LogP contribution in [0, 0.1) is 5.92 Å². The Balaban J connectivity index is 0.000000166. The lowest BCUT2D eigenvalue weighted by molar-refractivity contribution is 0.0134. The number of carboxylic acids is 1. The normalized spacial score (nSPS) is 15.8. The van der Waals surface area contributed by atoms with Crippen LogP contribution in [0.5, 0.6) is 0 Å². The zero-order chi connectivity index (χ0) is 81.4. The summed E-state index contributed by atoms with van der Waals surface area (Å²) in [5, 5.41) is 22.2. The Hall–Kier alpha value is -13.0. The maximum absolute atomic E-state index is 14.4. The fraction of sp³-hybridized carbons (Fsp3) is 0.224. The molecule has 115 heavy (non-hydrogen) atoms. The number of likely N-dealkylation sites (tertiary alicyclic amines) is 2. The Morgan fingerprint density at radius 2 is 0.748 bits per heavy atom. The second-order valence-electron chi connectivity index (χ2n) is 31.1. The molecule has 0 spiro atoms. The number of aromatic nitrogens is 6. The zero-order valence-electron chi connectivity index (χ0n) is 66.6. The molecule has 0 aliphatic carbocycles. The van der Waals surface area contributed by atoms with Gasteiger partial charge in [0.2, 0.25) is 0 Å². The number of rotatable bonds is 16. The van der Waals surface area contributed by atoms with Gasteiger partial charge in [-0.05, 0) is 165 Å². The number of alkyl halides is 1. The van der Waals surface area contributed by atoms with Crippen molar-refractivity contribution >= 4 is 45.7 Å². The molecule has 6 heterocycles. The number of carbonyl (C=O) groups excluding carboxylic acids is 3. The topological polar surface area (TPSA) is 201 Å². The molecule has 0 bridgehead atoms. The number of nitrogens with two attached hydrogens (primary N) is 1. The van der Waals surface area contributed by atoms with Gasteiger partial charge in [-0.25, -0.2) is 23.7 Å². The van der Waals surface area contributed by atoms with Crippen molar-refractivity contribution in [2.75, 3.05) is 33.3 Å². The zero-order valence-corrected chi connectivity index (χ0v) is 65.6. The number of aromatic carboxylic acids is 1. The van der Waals surface area contributed by atoms with Crippen LogP contribution in [0.15, 0.2) is 328 Å². The molecule has 17 heteroatoms. The van der Waals surface area contributed by atoms with Crippen LogP contribution < -0.4 is 5.73 Å². The molecule has 0 radical (unpaired) electrons. The van der Waals surface area contributed by atoms with Crippen LogP contribution >= 0.6 is 0 Å². The first kappa shape index (κ1) is 78.7. The van der Waals surface area contributed by atoms with Crippen LogP contribution in [0.3, 0.4) is 0 Å². The lowest BCUT2D eigenvalue weighted by atomic mass is 9.77. The average Bonchev–Trinajstić information content (AvgIpc) is 1.30. The standard InChI is InChI=1S/C49H46N4O3.C32H23N3O2.C16H24N2O2.CH3F/c1-48(2,3)56-47(55)52-33-35(30-39(34-52)36-16-8-4-9-17-36)31-45(54)38-24-25-44-43(32-38)46(37-26-28-50-29-27-37)51-53(44)49(40-18-10-5-11-19-40,41-20-12-6-13-21-41)42-22-14-7-15-23-42;36-31(37)24-16-17-29-28(22-24)30(23-18-20-33-21-19-23)34-35(29)32(25-10-4-1-5-11-25,26-12-6-2-7-13-26)27-14-8-3-9-15-27;1-16(2,3)20-15(19)18-10-13(9-14(17)11-18)12-7-5-4-6-8-12;1-2/h4-29,32,35,39H,30-31,33-34H2,1-3H3;1-22H,(H,36,37);4-8,13-14H,9-11,17H2,1-3H3;1H3/i;;;1D. The fourth-order valence-electron chi connectivity index (χ4n) is 16.1. The van der Waals surface area contributed by atoms with Crippen LogP contribution in [0.1, 0.15) is 139 Å². The third kappa shape index (κ3) is 17.9. The number of nitrogens with zero attached hydrogens (tertiary/aromatic N) is 8. The van der Waals surface area contributed by atoms with Crippen molar-refractivity contribution in [3.8, 4) is 22.5 Å². The van der Waals surface area contributed by atoms with E-state index in [1.807, 2.05) is 204 Å². The lowest BCUT2D eigenvalue weighted by Gasteiger charge is -2.38. The molecule has 3 N–H and O–H groups in total. The molecule has 2 fully saturated rings. The number of ether oxygens (including phenoxy) is 2. The monoisotopic (exact) mass is 1530 g/mol. The first-order valence-corrected chi connectivity index (χ1v) is 38.8. The molecule has 2 saturated heterocycles. The summed E-state index contributed by atoms with van der Waals surface area (Å²) in [5.41, 5.74) is 17.8. The van der Waals surface area contributed by atoms with Crippen LogP contribution in [0.25, 0.3) is 44.3 Å². The minimum atomic E-state index is -1.00. The van der Waals surface area contributed by atoms with E-state index >= 15 is 0 Å². The molecule has 16 rings (SSSR count). The Labute approximate surface area is 673 Å². The van der Waals surface area contributed by atoms with E-state index in [1.54, 1.807) is 46.7 Å². The van der Waals surface area contributed by atoms with E-state index in [9.17, 15) is 28.7 Å². The Bertz CT molecular complexity index is 5380. The van der Waals surface area contributed by atoms with Gasteiger partial charge in [0.05, 0.1) is 25.1 Å². The van der Waals surface area contributed by atoms with Gasteiger partial charge in [-0.2, -0.15) is 10.2 Å². The number of amides is 2. The molecule has 4 unspecified atom stereocenters. The van der Waals surface area contributed by atoms with Gasteiger partial charge in [0, 0.05) is 103 Å². The summed E-state index contributed by atoms with van der Waals surface area (Å²) in [5.74, 6) is -0.614. The van der Waals surface area contributed by atoms with E-state index in [2.05, 4.69) is 148 Å². The second-order valence-corrected chi connectivity index (χ2v) is 31.1. The van der Waals surface area contributed by atoms with Gasteiger partial charge in [0.15, 0.2) is 5.78 Å². The van der Waals surface area contributed by atoms with Crippen LogP contribution in [0.2, 0.25) is 0 Å². The Kier molecular flexibility index (Phi) is 24.5. The summed E-state index contributed by atoms with van der Waals surface area (Å²) in [6, 6.07) is 102. The Morgan fingerprint density at radius 3 is 1.09 bits per heavy atom. The molecule has 10 aromatic carbocycles. The van der Waals surface area contributed by atoms with E-state index in [0.29, 0.717) is 43.9 Å². The number of fused-ring (bicyclic) bond motifs is 2. The fourth-order valence-corrected chi connectivity index (χ4v) is 16.1. The summed E-state index contributed by atoms with van der Waals surface area (Å²) in [6.45, 7) is 13.5. The van der Waals surface area contributed by atoms with Crippen molar-refractivity contribution in [1.29, 1.82) is 0 Å². The van der Waals surface area contributed by atoms with E-state index in [1.165, 1.54) is 5.56 Å². The van der Waals surface area contributed by atoms with Gasteiger partial charge in [-0.1, -0.05) is 243 Å². The first-order chi connectivity index (χ1) is 56.2. The van der Waals surface area contributed by atoms with Gasteiger partial charge in [-0.15, -0.1) is 0 Å². The highest BCUT2D eigenvalue weighted by molar-refractivity contribution is 6.03. The predicted molar refractivity (Wildman–Crippen MR) is 453 cm³/mol. The highest BCUT2D eigenvalue weighted by atomic mass is 19.1. The molecule has 2 amide bonds. The summed E-state index contributed by atoms with van der Waals surface area (Å²) in [7, 11) is -1.00. The molecule has 4 atom stereocenters. The van der Waals surface area contributed by atoms with Crippen molar-refractivity contribution in [3.05, 3.63) is 384 Å². The summed E-state index contributed by atoms with van der Waals surface area (Å²) >= 11 is 0. The summed E-state index contributed by atoms with van der Waals surface area (Å²) in [6.07, 6.45) is 8.38. The minimum absolute atomic E-state index is 0.00137. The van der Waals surface area contributed by atoms with E-state index in [4.69, 9.17) is 26.8 Å². The number of halogens is 1. The van der Waals surface area contributed by atoms with Crippen molar-refractivity contribution in [1.82, 2.24) is 39.3 Å². The smallest absolute Gasteiger partial charge is 0.410 e. The molecule has 4 aromatic heterocycles. The molecule has 0 saturated carbocycles. The maximum Gasteiger partial charge on any atom is 0.410 e. The van der Waals surface area contributed by atoms with Gasteiger partial charge in [0.1, 0.15) is 33.7 Å². The molecular formula is C98H96FN9O7. The number of ketones is 1. The molecular weight excluding hydrogens is 1430 g/mol. The highest BCUT2D eigenvalue weighted by Crippen LogP contribution is 2.47. The molecule has 582 valence electrons. The average molecular weight is 1530 g/mol. The van der Waals surface area contributed by atoms with Gasteiger partial charge in [-0.3, -0.25) is 19.2 Å². The predicted octanol–water partition coefficient (Wildman–Crippen LogP) is 20.5. The number of hydrogen-bond acceptors (Lipinski definition) is 11. The van der Waals surface area contributed by atoms with Gasteiger partial charge < -0.3 is 30.1 Å². The van der Waals surface area contributed by atoms with Gasteiger partial charge in [0.25, 0.3) is 0 Å². The quantitative estimate of drug-likeness (QED) is 0.0686. The number of carboxylic acid groups (broad SMARTS) is 1. The Morgan fingerprint density at radius 1 is 0.435 bits per heavy atom. The summed E-state index contributed by atoms with van der Waals surface area (Å²) < 4.78 is 30.9. The minimum Gasteiger partial charge on any atom is -0.478 e. The first-order valence-electron chi connectivity index (χ1n) is 39.5. The number of carbonyl (C=O) groups is 4. The molecule has 14 aromatic rings. The van der Waals surface area contributed by atoms with Crippen molar-refractivity contribution < 1.29 is 39.5 Å². The van der Waals surface area contributed by atoms with Crippen LogP contribution in [0.4, 0.5) is 14.0 Å². The third-order valence-electron chi connectivity index (χ3n) is 21.0. The number of pyridine rings is 2. The van der Waals surface area contributed by atoms with E-state index < -0.39 is 35.4 Å². The molecule has 2 aliphatic rings.